The Morgan fingerprint density at radius 1 is 1.21 bits per heavy atom. The second kappa shape index (κ2) is 8.02. The molecule has 7 heteroatoms. The summed E-state index contributed by atoms with van der Waals surface area (Å²) in [6.45, 7) is 4.71. The smallest absolute Gasteiger partial charge is 0.160 e. The van der Waals surface area contributed by atoms with Gasteiger partial charge in [-0.3, -0.25) is 4.98 Å². The molecule has 0 bridgehead atoms. The number of methoxy groups -OCH3 is 1. The van der Waals surface area contributed by atoms with Crippen LogP contribution in [0.5, 0.6) is 11.5 Å². The summed E-state index contributed by atoms with van der Waals surface area (Å²) in [6, 6.07) is 12.9. The Kier molecular flexibility index (Phi) is 6.05. The van der Waals surface area contributed by atoms with E-state index < -0.39 is 9.08 Å². The fourth-order valence-corrected chi connectivity index (χ4v) is 3.89. The van der Waals surface area contributed by atoms with Crippen molar-refractivity contribution < 1.29 is 9.84 Å². The Morgan fingerprint density at radius 2 is 1.96 bits per heavy atom. The molecule has 0 spiro atoms. The second-order valence-corrected chi connectivity index (χ2v) is 9.35. The molecule has 4 N–H and O–H groups in total. The lowest BCUT2D eigenvalue weighted by Gasteiger charge is -2.41. The van der Waals surface area contributed by atoms with Gasteiger partial charge < -0.3 is 20.9 Å². The molecule has 0 fully saturated rings. The number of phenols is 1. The number of nitrogens with one attached hydrogen (secondary N) is 1. The van der Waals surface area contributed by atoms with E-state index in [4.69, 9.17) is 22.1 Å². The molecule has 5 nitrogen and oxygen atoms in total. The first-order valence-corrected chi connectivity index (χ1v) is 10.2. The topological polar surface area (TPSA) is 80.4 Å². The van der Waals surface area contributed by atoms with Gasteiger partial charge in [-0.15, -0.1) is 0 Å². The number of aromatic hydroxyl groups is 1. The second-order valence-electron chi connectivity index (χ2n) is 7.22. The first kappa shape index (κ1) is 21.1. The first-order valence-electron chi connectivity index (χ1n) is 8.79. The number of nitrogens with zero attached hydrogens (tertiary/aromatic N) is 1. The molecule has 2 aromatic carbocycles. The van der Waals surface area contributed by atoms with E-state index in [1.165, 1.54) is 7.11 Å². The third-order valence-corrected chi connectivity index (χ3v) is 7.15. The van der Waals surface area contributed by atoms with Crippen molar-refractivity contribution in [1.82, 2.24) is 10.3 Å². The van der Waals surface area contributed by atoms with Gasteiger partial charge in [0.15, 0.2) is 11.5 Å². The summed E-state index contributed by atoms with van der Waals surface area (Å²) in [5, 5.41) is 14.9. The normalized spacial score (nSPS) is 14.1. The van der Waals surface area contributed by atoms with E-state index in [2.05, 4.69) is 46.7 Å². The summed E-state index contributed by atoms with van der Waals surface area (Å²) >= 11 is 8.41. The predicted octanol–water partition coefficient (Wildman–Crippen LogP) is 4.72. The van der Waals surface area contributed by atoms with Crippen molar-refractivity contribution in [3.05, 3.63) is 64.8 Å². The molecule has 28 heavy (non-hydrogen) atoms. The first-order chi connectivity index (χ1) is 13.2. The molecule has 0 aliphatic rings. The maximum atomic E-state index is 9.78. The largest absolute Gasteiger partial charge is 0.504 e. The van der Waals surface area contributed by atoms with Crippen LogP contribution in [-0.2, 0) is 10.1 Å². The number of hydrogen-bond acceptors (Lipinski definition) is 5. The average Bonchev–Trinajstić information content (AvgIpc) is 2.66. The third-order valence-electron chi connectivity index (χ3n) is 4.98. The van der Waals surface area contributed by atoms with Gasteiger partial charge in [0.2, 0.25) is 0 Å². The molecular weight excluding hydrogens is 489 g/mol. The SMILES string of the molecule is COc1cc(CNC(C)(C)C(N)(I)c2ccnc3cc(Cl)ccc23)ccc1O. The van der Waals surface area contributed by atoms with Crippen LogP contribution >= 0.6 is 34.2 Å². The van der Waals surface area contributed by atoms with Gasteiger partial charge in [0.05, 0.1) is 12.6 Å². The van der Waals surface area contributed by atoms with Gasteiger partial charge in [-0.25, -0.2) is 0 Å². The Morgan fingerprint density at radius 3 is 2.68 bits per heavy atom. The van der Waals surface area contributed by atoms with Gasteiger partial charge in [-0.1, -0.05) is 46.3 Å². The Balaban J connectivity index is 1.90. The van der Waals surface area contributed by atoms with Crippen LogP contribution in [0.25, 0.3) is 10.9 Å². The quantitative estimate of drug-likeness (QED) is 0.254. The number of hydrogen-bond donors (Lipinski definition) is 3. The van der Waals surface area contributed by atoms with Crippen LogP contribution < -0.4 is 15.8 Å². The van der Waals surface area contributed by atoms with Gasteiger partial charge in [0, 0.05) is 28.7 Å². The summed E-state index contributed by atoms with van der Waals surface area (Å²) in [6.07, 6.45) is 1.76. The predicted molar refractivity (Wildman–Crippen MR) is 122 cm³/mol. The molecule has 0 saturated carbocycles. The molecule has 3 aromatic rings. The standard InChI is InChI=1S/C21H23ClIN3O2/c1-20(2,26-12-13-4-7-18(27)19(10-13)28-3)21(23,24)16-8-9-25-17-11-14(22)5-6-15(16)17/h4-11,26-27H,12,24H2,1-3H3. The van der Waals surface area contributed by atoms with Crippen molar-refractivity contribution in [2.24, 2.45) is 5.73 Å². The number of nitrogens with two attached hydrogens (primary N) is 1. The van der Waals surface area contributed by atoms with Gasteiger partial charge in [-0.2, -0.15) is 0 Å². The lowest BCUT2D eigenvalue weighted by atomic mass is 9.87. The molecule has 1 aromatic heterocycles. The van der Waals surface area contributed by atoms with Crippen molar-refractivity contribution in [2.75, 3.05) is 7.11 Å². The van der Waals surface area contributed by atoms with E-state index in [0.29, 0.717) is 17.3 Å². The molecule has 1 unspecified atom stereocenters. The zero-order chi connectivity index (χ0) is 20.5. The number of ether oxygens (including phenoxy) is 1. The summed E-state index contributed by atoms with van der Waals surface area (Å²) in [4.78, 5) is 4.42. The van der Waals surface area contributed by atoms with Crippen LogP contribution in [-0.4, -0.2) is 22.7 Å². The van der Waals surface area contributed by atoms with E-state index in [9.17, 15) is 5.11 Å². The lowest BCUT2D eigenvalue weighted by Crippen LogP contribution is -2.58. The fourth-order valence-electron chi connectivity index (χ4n) is 3.06. The maximum absolute atomic E-state index is 9.78. The molecular formula is C21H23ClIN3O2. The number of aromatic nitrogens is 1. The minimum atomic E-state index is -0.721. The van der Waals surface area contributed by atoms with Crippen molar-refractivity contribution in [3.63, 3.8) is 0 Å². The third kappa shape index (κ3) is 4.05. The number of fused-ring (bicyclic) bond motifs is 1. The van der Waals surface area contributed by atoms with Crippen LogP contribution in [0.15, 0.2) is 48.7 Å². The Bertz CT molecular complexity index is 1010. The maximum Gasteiger partial charge on any atom is 0.160 e. The Labute approximate surface area is 183 Å². The molecule has 1 atom stereocenters. The summed E-state index contributed by atoms with van der Waals surface area (Å²) < 4.78 is 4.47. The van der Waals surface area contributed by atoms with Crippen LogP contribution in [0.3, 0.4) is 0 Å². The molecule has 3 rings (SSSR count). The monoisotopic (exact) mass is 511 g/mol. The molecule has 1 heterocycles. The number of rotatable bonds is 6. The van der Waals surface area contributed by atoms with Crippen LogP contribution in [0.1, 0.15) is 25.0 Å². The summed E-state index contributed by atoms with van der Waals surface area (Å²) in [5.41, 5.74) is 9.18. The van der Waals surface area contributed by atoms with E-state index in [1.807, 2.05) is 36.4 Å². The lowest BCUT2D eigenvalue weighted by molar-refractivity contribution is 0.307. The van der Waals surface area contributed by atoms with E-state index >= 15 is 0 Å². The van der Waals surface area contributed by atoms with E-state index in [0.717, 1.165) is 22.0 Å². The highest BCUT2D eigenvalue weighted by molar-refractivity contribution is 14.1. The molecule has 0 amide bonds. The van der Waals surface area contributed by atoms with Gasteiger partial charge in [0.25, 0.3) is 0 Å². The van der Waals surface area contributed by atoms with Crippen LogP contribution in [0.2, 0.25) is 5.02 Å². The van der Waals surface area contributed by atoms with Crippen molar-refractivity contribution in [2.45, 2.75) is 29.5 Å². The van der Waals surface area contributed by atoms with Gasteiger partial charge in [0.1, 0.15) is 3.55 Å². The highest BCUT2D eigenvalue weighted by Crippen LogP contribution is 2.40. The van der Waals surface area contributed by atoms with Crippen LogP contribution in [0.4, 0.5) is 0 Å². The average molecular weight is 512 g/mol. The molecule has 148 valence electrons. The zero-order valence-corrected chi connectivity index (χ0v) is 18.9. The van der Waals surface area contributed by atoms with E-state index in [-0.39, 0.29) is 5.75 Å². The number of halogens is 2. The number of benzene rings is 2. The fraction of sp³-hybridized carbons (Fsp3) is 0.286. The minimum Gasteiger partial charge on any atom is -0.504 e. The molecule has 0 saturated heterocycles. The van der Waals surface area contributed by atoms with Crippen molar-refractivity contribution in [3.8, 4) is 11.5 Å². The minimum absolute atomic E-state index is 0.120. The summed E-state index contributed by atoms with van der Waals surface area (Å²) in [5.74, 6) is 0.567. The zero-order valence-electron chi connectivity index (χ0n) is 16.0. The highest BCUT2D eigenvalue weighted by Gasteiger charge is 2.41. The number of pyridine rings is 1. The number of phenolic OH excluding ortho intramolecular Hbond substituents is 1. The highest BCUT2D eigenvalue weighted by atomic mass is 127. The van der Waals surface area contributed by atoms with Gasteiger partial charge in [-0.05, 0) is 55.3 Å². The number of alkyl halides is 1. The van der Waals surface area contributed by atoms with Crippen LogP contribution in [0, 0.1) is 0 Å². The summed E-state index contributed by atoms with van der Waals surface area (Å²) in [7, 11) is 1.53. The Hall–Kier alpha value is -1.61. The molecule has 0 aliphatic heterocycles. The van der Waals surface area contributed by atoms with Crippen molar-refractivity contribution >= 4 is 45.1 Å². The molecule has 0 aliphatic carbocycles. The van der Waals surface area contributed by atoms with Crippen molar-refractivity contribution in [1.29, 1.82) is 0 Å². The molecule has 0 radical (unpaired) electrons. The van der Waals surface area contributed by atoms with Gasteiger partial charge >= 0.3 is 0 Å². The van der Waals surface area contributed by atoms with E-state index in [1.54, 1.807) is 12.3 Å².